The number of nitrogens with one attached hydrogen (secondary N) is 1. The molecule has 0 saturated carbocycles. The van der Waals surface area contributed by atoms with E-state index < -0.39 is 5.83 Å². The monoisotopic (exact) mass is 272 g/mol. The Morgan fingerprint density at radius 2 is 2.22 bits per heavy atom. The summed E-state index contributed by atoms with van der Waals surface area (Å²) >= 11 is 5.47. The van der Waals surface area contributed by atoms with Gasteiger partial charge in [0.15, 0.2) is 11.6 Å². The second-order valence-electron chi connectivity index (χ2n) is 3.35. The van der Waals surface area contributed by atoms with Gasteiger partial charge in [-0.25, -0.2) is 4.39 Å². The van der Waals surface area contributed by atoms with Crippen molar-refractivity contribution in [3.8, 4) is 0 Å². The van der Waals surface area contributed by atoms with E-state index in [1.807, 2.05) is 13.8 Å². The summed E-state index contributed by atoms with van der Waals surface area (Å²) in [4.78, 5) is 0. The van der Waals surface area contributed by atoms with Gasteiger partial charge in [-0.05, 0) is 25.6 Å². The average molecular weight is 273 g/mol. The van der Waals surface area contributed by atoms with Crippen molar-refractivity contribution in [1.82, 2.24) is 5.32 Å². The summed E-state index contributed by atoms with van der Waals surface area (Å²) in [6, 6.07) is 0. The molecule has 1 N–H and O–H groups in total. The number of nitrogens with zero attached hydrogens (tertiary/aromatic N) is 1. The Kier molecular flexibility index (Phi) is 8.66. The van der Waals surface area contributed by atoms with E-state index in [2.05, 4.69) is 23.0 Å². The zero-order chi connectivity index (χ0) is 14.0. The largest absolute Gasteiger partial charge is 0.490 e. The smallest absolute Gasteiger partial charge is 0.187 e. The van der Waals surface area contributed by atoms with Crippen molar-refractivity contribution >= 4 is 17.6 Å². The molecule has 0 fully saturated rings. The van der Waals surface area contributed by atoms with E-state index in [-0.39, 0.29) is 6.42 Å². The molecule has 0 unspecified atom stereocenters. The van der Waals surface area contributed by atoms with Crippen LogP contribution in [0.15, 0.2) is 53.2 Å². The molecule has 0 saturated heterocycles. The normalized spacial score (nSPS) is 13.2. The second kappa shape index (κ2) is 9.48. The van der Waals surface area contributed by atoms with Gasteiger partial charge in [0, 0.05) is 18.2 Å². The molecule has 0 aliphatic carbocycles. The zero-order valence-electron chi connectivity index (χ0n) is 10.7. The highest BCUT2D eigenvalue weighted by molar-refractivity contribution is 6.22. The molecule has 0 spiro atoms. The van der Waals surface area contributed by atoms with Crippen LogP contribution in [0.25, 0.3) is 0 Å². The lowest BCUT2D eigenvalue weighted by Crippen LogP contribution is -2.21. The molecule has 0 radical (unpaired) electrons. The molecule has 0 aliphatic heterocycles. The van der Waals surface area contributed by atoms with Gasteiger partial charge in [-0.2, -0.15) is 4.51 Å². The molecular weight excluding hydrogens is 255 g/mol. The second-order valence-corrected chi connectivity index (χ2v) is 3.52. The fourth-order valence-electron chi connectivity index (χ4n) is 1.18. The molecule has 18 heavy (non-hydrogen) atoms. The zero-order valence-corrected chi connectivity index (χ0v) is 11.4. The molecule has 0 atom stereocenters. The van der Waals surface area contributed by atoms with Crippen molar-refractivity contribution in [2.24, 2.45) is 4.51 Å². The van der Waals surface area contributed by atoms with Crippen LogP contribution >= 0.6 is 11.8 Å². The van der Waals surface area contributed by atoms with Crippen LogP contribution in [0.1, 0.15) is 20.3 Å². The van der Waals surface area contributed by atoms with Gasteiger partial charge in [-0.1, -0.05) is 25.3 Å². The molecule has 0 aromatic carbocycles. The maximum atomic E-state index is 12.5. The number of hydrogen-bond donors (Lipinski definition) is 1. The SMILES string of the molecule is C=CNC(=NCl)/C(OCC)=C(C)/C=C/CC(=C)F. The van der Waals surface area contributed by atoms with Crippen LogP contribution < -0.4 is 5.32 Å². The van der Waals surface area contributed by atoms with Gasteiger partial charge in [0.05, 0.1) is 12.4 Å². The number of allylic oxidation sites excluding steroid dienone is 4. The Morgan fingerprint density at radius 1 is 1.56 bits per heavy atom. The van der Waals surface area contributed by atoms with Crippen LogP contribution in [0.2, 0.25) is 0 Å². The lowest BCUT2D eigenvalue weighted by atomic mass is 10.2. The summed E-state index contributed by atoms with van der Waals surface area (Å²) in [6.07, 6.45) is 4.98. The number of ether oxygens (including phenoxy) is 1. The first-order chi connectivity index (χ1) is 8.56. The quantitative estimate of drug-likeness (QED) is 0.329. The molecule has 3 nitrogen and oxygen atoms in total. The molecule has 100 valence electrons. The minimum atomic E-state index is -0.396. The number of amidine groups is 1. The van der Waals surface area contributed by atoms with Crippen LogP contribution in [0.4, 0.5) is 4.39 Å². The van der Waals surface area contributed by atoms with E-state index in [0.29, 0.717) is 18.2 Å². The highest BCUT2D eigenvalue weighted by Gasteiger charge is 2.09. The molecule has 0 amide bonds. The maximum Gasteiger partial charge on any atom is 0.187 e. The van der Waals surface area contributed by atoms with Gasteiger partial charge in [-0.15, -0.1) is 0 Å². The summed E-state index contributed by atoms with van der Waals surface area (Å²) in [5, 5.41) is 2.77. The van der Waals surface area contributed by atoms with Crippen LogP contribution in [0.3, 0.4) is 0 Å². The van der Waals surface area contributed by atoms with E-state index >= 15 is 0 Å². The molecular formula is C13H18ClFN2O. The maximum absolute atomic E-state index is 12.5. The van der Waals surface area contributed by atoms with Gasteiger partial charge >= 0.3 is 0 Å². The Morgan fingerprint density at radius 3 is 2.67 bits per heavy atom. The minimum Gasteiger partial charge on any atom is -0.490 e. The van der Waals surface area contributed by atoms with Crippen molar-refractivity contribution < 1.29 is 9.13 Å². The van der Waals surface area contributed by atoms with Gasteiger partial charge in [0.25, 0.3) is 0 Å². The fraction of sp³-hybridized carbons (Fsp3) is 0.308. The van der Waals surface area contributed by atoms with Crippen molar-refractivity contribution in [3.63, 3.8) is 0 Å². The third-order valence-electron chi connectivity index (χ3n) is 1.89. The van der Waals surface area contributed by atoms with Crippen LogP contribution in [0, 0.1) is 0 Å². The standard InChI is InChI=1S/C13H18ClFN2O/c1-5-16-13(17-14)12(18-6-2)10(3)8-7-9-11(4)15/h5,7-8H,1,4,6,9H2,2-3H3,(H,16,17)/b8-7+,12-10-. The lowest BCUT2D eigenvalue weighted by molar-refractivity contribution is 0.246. The van der Waals surface area contributed by atoms with Crippen LogP contribution in [0.5, 0.6) is 0 Å². The van der Waals surface area contributed by atoms with E-state index in [1.165, 1.54) is 6.20 Å². The van der Waals surface area contributed by atoms with E-state index in [0.717, 1.165) is 5.57 Å². The van der Waals surface area contributed by atoms with Crippen molar-refractivity contribution in [3.05, 3.63) is 48.7 Å². The van der Waals surface area contributed by atoms with E-state index in [1.54, 1.807) is 12.2 Å². The molecule has 5 heteroatoms. The molecule has 0 bridgehead atoms. The average Bonchev–Trinajstić information content (AvgIpc) is 2.33. The summed E-state index contributed by atoms with van der Waals surface area (Å²) in [5.74, 6) is 0.454. The molecule has 0 heterocycles. The highest BCUT2D eigenvalue weighted by Crippen LogP contribution is 2.11. The third-order valence-corrected chi connectivity index (χ3v) is 2.06. The molecule has 0 aromatic rings. The van der Waals surface area contributed by atoms with Gasteiger partial charge in [0.1, 0.15) is 0 Å². The Hall–Kier alpha value is -1.55. The Bertz CT molecular complexity index is 386. The molecule has 0 aliphatic rings. The summed E-state index contributed by atoms with van der Waals surface area (Å²) in [7, 11) is 0. The van der Waals surface area contributed by atoms with Crippen molar-refractivity contribution in [1.29, 1.82) is 0 Å². The van der Waals surface area contributed by atoms with E-state index in [9.17, 15) is 4.39 Å². The van der Waals surface area contributed by atoms with Crippen molar-refractivity contribution in [2.45, 2.75) is 20.3 Å². The van der Waals surface area contributed by atoms with Gasteiger partial charge in [0.2, 0.25) is 0 Å². The Labute approximate surface area is 112 Å². The number of hydrogen-bond acceptors (Lipinski definition) is 2. The van der Waals surface area contributed by atoms with Gasteiger partial charge < -0.3 is 10.1 Å². The fourth-order valence-corrected chi connectivity index (χ4v) is 1.30. The molecule has 0 rings (SSSR count). The highest BCUT2D eigenvalue weighted by atomic mass is 35.5. The topological polar surface area (TPSA) is 33.6 Å². The van der Waals surface area contributed by atoms with Gasteiger partial charge in [-0.3, -0.25) is 0 Å². The number of rotatable bonds is 7. The first kappa shape index (κ1) is 16.4. The van der Waals surface area contributed by atoms with Crippen LogP contribution in [-0.2, 0) is 4.74 Å². The first-order valence-electron chi connectivity index (χ1n) is 5.47. The third kappa shape index (κ3) is 6.25. The minimum absolute atomic E-state index is 0.166. The predicted octanol–water partition coefficient (Wildman–Crippen LogP) is 4.01. The lowest BCUT2D eigenvalue weighted by Gasteiger charge is -2.12. The summed E-state index contributed by atoms with van der Waals surface area (Å²) < 4.78 is 21.5. The number of halogens is 2. The van der Waals surface area contributed by atoms with Crippen LogP contribution in [-0.4, -0.2) is 12.4 Å². The van der Waals surface area contributed by atoms with E-state index in [4.69, 9.17) is 16.5 Å². The summed E-state index contributed by atoms with van der Waals surface area (Å²) in [6.45, 7) is 10.8. The Balaban J connectivity index is 5.08. The first-order valence-corrected chi connectivity index (χ1v) is 5.80. The molecule has 0 aromatic heterocycles. The predicted molar refractivity (Wildman–Crippen MR) is 75.0 cm³/mol. The summed E-state index contributed by atoms with van der Waals surface area (Å²) in [5.41, 5.74) is 0.770. The van der Waals surface area contributed by atoms with Crippen molar-refractivity contribution in [2.75, 3.05) is 6.61 Å².